The summed E-state index contributed by atoms with van der Waals surface area (Å²) in [4.78, 5) is 12.7. The number of methoxy groups -OCH3 is 1. The van der Waals surface area contributed by atoms with Crippen molar-refractivity contribution in [1.29, 1.82) is 0 Å². The van der Waals surface area contributed by atoms with E-state index in [1.54, 1.807) is 7.11 Å². The van der Waals surface area contributed by atoms with Gasteiger partial charge < -0.3 is 14.6 Å². The lowest BCUT2D eigenvalue weighted by molar-refractivity contribution is 0.101. The molecule has 1 N–H and O–H groups in total. The number of aryl methyl sites for hydroxylation is 2. The number of benzene rings is 2. The van der Waals surface area contributed by atoms with Crippen LogP contribution >= 0.6 is 0 Å². The maximum Gasteiger partial charge on any atom is 0.278 e. The van der Waals surface area contributed by atoms with E-state index in [-0.39, 0.29) is 5.91 Å². The average molecular weight is 348 g/mol. The number of hydrogen-bond donors (Lipinski definition) is 1. The number of aromatic nitrogens is 1. The molecule has 132 valence electrons. The Kier molecular flexibility index (Phi) is 4.21. The first kappa shape index (κ1) is 16.4. The molecule has 0 unspecified atom stereocenters. The fraction of sp³-hybridized carbons (Fsp3) is 0.238. The highest BCUT2D eigenvalue weighted by molar-refractivity contribution is 6.04. The molecule has 0 spiro atoms. The van der Waals surface area contributed by atoms with Crippen molar-refractivity contribution in [1.82, 2.24) is 5.16 Å². The normalized spacial score (nSPS) is 12.2. The van der Waals surface area contributed by atoms with E-state index in [0.717, 1.165) is 47.4 Å². The van der Waals surface area contributed by atoms with Crippen LogP contribution < -0.4 is 10.1 Å². The monoisotopic (exact) mass is 348 g/mol. The number of rotatable bonds is 4. The summed E-state index contributed by atoms with van der Waals surface area (Å²) in [5, 5.41) is 6.96. The fourth-order valence-electron chi connectivity index (χ4n) is 3.33. The van der Waals surface area contributed by atoms with Crippen molar-refractivity contribution >= 4 is 11.6 Å². The van der Waals surface area contributed by atoms with Crippen molar-refractivity contribution in [3.63, 3.8) is 0 Å². The second kappa shape index (κ2) is 6.67. The van der Waals surface area contributed by atoms with Crippen LogP contribution in [0.15, 0.2) is 47.0 Å². The fourth-order valence-corrected chi connectivity index (χ4v) is 3.33. The largest absolute Gasteiger partial charge is 0.497 e. The zero-order chi connectivity index (χ0) is 18.1. The van der Waals surface area contributed by atoms with E-state index < -0.39 is 0 Å². The van der Waals surface area contributed by atoms with Crippen LogP contribution in [0.5, 0.6) is 5.75 Å². The van der Waals surface area contributed by atoms with E-state index in [1.165, 1.54) is 5.56 Å². The number of anilines is 1. The van der Waals surface area contributed by atoms with E-state index in [0.29, 0.717) is 11.5 Å². The van der Waals surface area contributed by atoms with Gasteiger partial charge in [-0.2, -0.15) is 0 Å². The van der Waals surface area contributed by atoms with Gasteiger partial charge in [-0.05, 0) is 60.7 Å². The second-order valence-corrected chi connectivity index (χ2v) is 6.37. The lowest BCUT2D eigenvalue weighted by atomic mass is 9.89. The van der Waals surface area contributed by atoms with Crippen LogP contribution in [-0.2, 0) is 19.3 Å². The predicted octanol–water partition coefficient (Wildman–Crippen LogP) is 4.26. The molecular formula is C21H20N2O3. The average Bonchev–Trinajstić information content (AvgIpc) is 3.12. The number of nitrogens with one attached hydrogen (secondary N) is 1. The number of fused-ring (bicyclic) bond motifs is 3. The summed E-state index contributed by atoms with van der Waals surface area (Å²) in [6.45, 7) is 2.10. The standard InChI is InChI=1S/C21H20N2O3/c1-3-13-4-7-15(8-5-13)22-21(24)19-18-10-6-14-12-16(25-2)9-11-17(14)20(18)26-23-19/h4-5,7-9,11-12H,3,6,10H2,1-2H3,(H,22,24). The van der Waals surface area contributed by atoms with Gasteiger partial charge in [-0.25, -0.2) is 0 Å². The Morgan fingerprint density at radius 3 is 2.73 bits per heavy atom. The molecule has 5 nitrogen and oxygen atoms in total. The summed E-state index contributed by atoms with van der Waals surface area (Å²) < 4.78 is 10.8. The number of carbonyl (C=O) groups is 1. The van der Waals surface area contributed by atoms with Crippen LogP contribution in [-0.4, -0.2) is 18.2 Å². The maximum absolute atomic E-state index is 12.7. The SMILES string of the molecule is CCc1ccc(NC(=O)c2noc3c2CCc2cc(OC)ccc2-3)cc1. The minimum atomic E-state index is -0.240. The van der Waals surface area contributed by atoms with Gasteiger partial charge in [-0.15, -0.1) is 0 Å². The molecule has 0 saturated heterocycles. The maximum atomic E-state index is 12.7. The number of amides is 1. The first-order valence-corrected chi connectivity index (χ1v) is 8.75. The Morgan fingerprint density at radius 2 is 2.00 bits per heavy atom. The summed E-state index contributed by atoms with van der Waals surface area (Å²) in [6, 6.07) is 13.7. The number of nitrogens with zero attached hydrogens (tertiary/aromatic N) is 1. The molecule has 2 aromatic carbocycles. The molecule has 1 aromatic heterocycles. The zero-order valence-electron chi connectivity index (χ0n) is 14.8. The number of carbonyl (C=O) groups excluding carboxylic acids is 1. The quantitative estimate of drug-likeness (QED) is 0.765. The molecule has 5 heteroatoms. The van der Waals surface area contributed by atoms with E-state index in [4.69, 9.17) is 9.26 Å². The molecule has 26 heavy (non-hydrogen) atoms. The zero-order valence-corrected chi connectivity index (χ0v) is 14.8. The molecule has 1 aliphatic rings. The van der Waals surface area contributed by atoms with Gasteiger partial charge in [0.05, 0.1) is 7.11 Å². The first-order chi connectivity index (χ1) is 12.7. The molecular weight excluding hydrogens is 328 g/mol. The van der Waals surface area contributed by atoms with Gasteiger partial charge in [0.1, 0.15) is 5.75 Å². The van der Waals surface area contributed by atoms with Crippen molar-refractivity contribution in [2.45, 2.75) is 26.2 Å². The highest BCUT2D eigenvalue weighted by Gasteiger charge is 2.27. The second-order valence-electron chi connectivity index (χ2n) is 6.37. The van der Waals surface area contributed by atoms with Gasteiger partial charge in [-0.3, -0.25) is 4.79 Å². The topological polar surface area (TPSA) is 64.4 Å². The van der Waals surface area contributed by atoms with Crippen LogP contribution in [0.1, 0.15) is 34.1 Å². The third-order valence-electron chi connectivity index (χ3n) is 4.82. The van der Waals surface area contributed by atoms with Crippen molar-refractivity contribution < 1.29 is 14.1 Å². The molecule has 0 atom stereocenters. The van der Waals surface area contributed by atoms with Gasteiger partial charge in [0, 0.05) is 16.8 Å². The minimum Gasteiger partial charge on any atom is -0.497 e. The summed E-state index contributed by atoms with van der Waals surface area (Å²) in [5.41, 5.74) is 5.34. The molecule has 0 saturated carbocycles. The van der Waals surface area contributed by atoms with E-state index in [9.17, 15) is 4.79 Å². The number of ether oxygens (including phenoxy) is 1. The molecule has 1 aliphatic carbocycles. The Morgan fingerprint density at radius 1 is 1.19 bits per heavy atom. The molecule has 0 aliphatic heterocycles. The molecule has 1 heterocycles. The van der Waals surface area contributed by atoms with Crippen LogP contribution in [0.2, 0.25) is 0 Å². The Balaban J connectivity index is 1.61. The van der Waals surface area contributed by atoms with Crippen LogP contribution in [0.3, 0.4) is 0 Å². The highest BCUT2D eigenvalue weighted by Crippen LogP contribution is 2.37. The molecule has 0 bridgehead atoms. The van der Waals surface area contributed by atoms with Gasteiger partial charge in [-0.1, -0.05) is 24.2 Å². The van der Waals surface area contributed by atoms with Gasteiger partial charge in [0.2, 0.25) is 0 Å². The Hall–Kier alpha value is -3.08. The Labute approximate surface area is 152 Å². The first-order valence-electron chi connectivity index (χ1n) is 8.75. The summed E-state index contributed by atoms with van der Waals surface area (Å²) in [5.74, 6) is 1.26. The predicted molar refractivity (Wildman–Crippen MR) is 99.7 cm³/mol. The highest BCUT2D eigenvalue weighted by atomic mass is 16.5. The van der Waals surface area contributed by atoms with Crippen molar-refractivity contribution in [2.24, 2.45) is 0 Å². The van der Waals surface area contributed by atoms with E-state index in [2.05, 4.69) is 17.4 Å². The van der Waals surface area contributed by atoms with Crippen LogP contribution in [0.25, 0.3) is 11.3 Å². The van der Waals surface area contributed by atoms with E-state index >= 15 is 0 Å². The number of hydrogen-bond acceptors (Lipinski definition) is 4. The van der Waals surface area contributed by atoms with Crippen molar-refractivity contribution in [3.05, 3.63) is 64.8 Å². The lowest BCUT2D eigenvalue weighted by Crippen LogP contribution is -2.15. The van der Waals surface area contributed by atoms with Crippen molar-refractivity contribution in [2.75, 3.05) is 12.4 Å². The summed E-state index contributed by atoms with van der Waals surface area (Å²) >= 11 is 0. The molecule has 0 fully saturated rings. The van der Waals surface area contributed by atoms with Gasteiger partial charge in [0.15, 0.2) is 11.5 Å². The third kappa shape index (κ3) is 2.86. The molecule has 0 radical (unpaired) electrons. The molecule has 4 rings (SSSR count). The smallest absolute Gasteiger partial charge is 0.278 e. The van der Waals surface area contributed by atoms with Gasteiger partial charge >= 0.3 is 0 Å². The molecule has 1 amide bonds. The summed E-state index contributed by atoms with van der Waals surface area (Å²) in [6.07, 6.45) is 2.51. The molecule has 3 aromatic rings. The lowest BCUT2D eigenvalue weighted by Gasteiger charge is -2.15. The Bertz CT molecular complexity index is 958. The summed E-state index contributed by atoms with van der Waals surface area (Å²) in [7, 11) is 1.65. The van der Waals surface area contributed by atoms with Crippen molar-refractivity contribution in [3.8, 4) is 17.1 Å². The van der Waals surface area contributed by atoms with Gasteiger partial charge in [0.25, 0.3) is 5.91 Å². The van der Waals surface area contributed by atoms with Crippen LogP contribution in [0, 0.1) is 0 Å². The third-order valence-corrected chi connectivity index (χ3v) is 4.82. The van der Waals surface area contributed by atoms with E-state index in [1.807, 2.05) is 42.5 Å². The minimum absolute atomic E-state index is 0.240. The van der Waals surface area contributed by atoms with Crippen LogP contribution in [0.4, 0.5) is 5.69 Å².